The van der Waals surface area contributed by atoms with E-state index in [4.69, 9.17) is 4.74 Å². The summed E-state index contributed by atoms with van der Waals surface area (Å²) in [5.41, 5.74) is 0.0747. The number of hydrogen-bond donors (Lipinski definition) is 0. The van der Waals surface area contributed by atoms with Crippen molar-refractivity contribution in [2.75, 3.05) is 0 Å². The van der Waals surface area contributed by atoms with Gasteiger partial charge in [-0.25, -0.2) is 0 Å². The molecule has 0 N–H and O–H groups in total. The van der Waals surface area contributed by atoms with Gasteiger partial charge in [-0.15, -0.1) is 0 Å². The van der Waals surface area contributed by atoms with Gasteiger partial charge in [0.25, 0.3) is 0 Å². The Morgan fingerprint density at radius 3 is 2.56 bits per heavy atom. The summed E-state index contributed by atoms with van der Waals surface area (Å²) in [6.45, 7) is 6.35. The summed E-state index contributed by atoms with van der Waals surface area (Å²) >= 11 is 0. The smallest absolute Gasteiger partial charge is 0.107 e. The predicted molar refractivity (Wildman–Crippen MR) is 38.2 cm³/mol. The van der Waals surface area contributed by atoms with Gasteiger partial charge in [0.05, 0.1) is 5.76 Å². The Morgan fingerprint density at radius 2 is 2.33 bits per heavy atom. The van der Waals surface area contributed by atoms with Crippen molar-refractivity contribution < 1.29 is 4.74 Å². The SMILES string of the molecule is CCC1=CCC(C)(C)O1. The minimum Gasteiger partial charge on any atom is -0.492 e. The zero-order valence-electron chi connectivity index (χ0n) is 6.40. The summed E-state index contributed by atoms with van der Waals surface area (Å²) in [5, 5.41) is 0. The Bertz CT molecular complexity index is 134. The maximum atomic E-state index is 5.56. The van der Waals surface area contributed by atoms with Crippen molar-refractivity contribution in [3.8, 4) is 0 Å². The molecule has 0 spiro atoms. The molecule has 0 fully saturated rings. The van der Waals surface area contributed by atoms with Gasteiger partial charge in [-0.2, -0.15) is 0 Å². The summed E-state index contributed by atoms with van der Waals surface area (Å²) in [7, 11) is 0. The number of ether oxygens (including phenoxy) is 1. The Balaban J connectivity index is 2.50. The lowest BCUT2D eigenvalue weighted by Crippen LogP contribution is -2.17. The molecular weight excluding hydrogens is 112 g/mol. The molecule has 0 saturated carbocycles. The molecule has 52 valence electrons. The van der Waals surface area contributed by atoms with E-state index >= 15 is 0 Å². The van der Waals surface area contributed by atoms with Crippen LogP contribution in [0.3, 0.4) is 0 Å². The second-order valence-electron chi connectivity index (χ2n) is 3.09. The highest BCUT2D eigenvalue weighted by atomic mass is 16.5. The minimum atomic E-state index is 0.0747. The molecule has 0 amide bonds. The molecule has 0 aromatic heterocycles. The quantitative estimate of drug-likeness (QED) is 0.524. The summed E-state index contributed by atoms with van der Waals surface area (Å²) in [6, 6.07) is 0. The standard InChI is InChI=1S/C8H14O/c1-4-7-5-6-8(2,3)9-7/h5H,4,6H2,1-3H3. The topological polar surface area (TPSA) is 9.23 Å². The summed E-state index contributed by atoms with van der Waals surface area (Å²) in [6.07, 6.45) is 4.28. The van der Waals surface area contributed by atoms with Crippen LogP contribution in [0.4, 0.5) is 0 Å². The van der Waals surface area contributed by atoms with Crippen LogP contribution in [-0.4, -0.2) is 5.60 Å². The number of rotatable bonds is 1. The van der Waals surface area contributed by atoms with Crippen LogP contribution in [0, 0.1) is 0 Å². The van der Waals surface area contributed by atoms with Gasteiger partial charge in [0, 0.05) is 12.8 Å². The second-order valence-corrected chi connectivity index (χ2v) is 3.09. The molecule has 0 atom stereocenters. The van der Waals surface area contributed by atoms with E-state index in [9.17, 15) is 0 Å². The van der Waals surface area contributed by atoms with Crippen LogP contribution in [0.15, 0.2) is 11.8 Å². The van der Waals surface area contributed by atoms with E-state index in [1.165, 1.54) is 0 Å². The van der Waals surface area contributed by atoms with Crippen molar-refractivity contribution in [3.63, 3.8) is 0 Å². The average molecular weight is 126 g/mol. The third kappa shape index (κ3) is 1.47. The first kappa shape index (κ1) is 6.66. The zero-order chi connectivity index (χ0) is 6.91. The van der Waals surface area contributed by atoms with Gasteiger partial charge in [-0.05, 0) is 19.9 Å². The van der Waals surface area contributed by atoms with Crippen LogP contribution >= 0.6 is 0 Å². The Kier molecular flexibility index (Phi) is 1.52. The van der Waals surface area contributed by atoms with E-state index in [0.29, 0.717) is 0 Å². The van der Waals surface area contributed by atoms with Gasteiger partial charge in [-0.1, -0.05) is 6.92 Å². The second kappa shape index (κ2) is 2.05. The number of allylic oxidation sites excluding steroid dienone is 1. The normalized spacial score (nSPS) is 23.2. The average Bonchev–Trinajstić information content (AvgIpc) is 2.10. The molecule has 0 aromatic rings. The van der Waals surface area contributed by atoms with Crippen molar-refractivity contribution in [2.24, 2.45) is 0 Å². The van der Waals surface area contributed by atoms with Crippen molar-refractivity contribution in [3.05, 3.63) is 11.8 Å². The van der Waals surface area contributed by atoms with Gasteiger partial charge in [0.1, 0.15) is 5.60 Å². The van der Waals surface area contributed by atoms with Crippen LogP contribution in [-0.2, 0) is 4.74 Å². The lowest BCUT2D eigenvalue weighted by atomic mass is 10.1. The van der Waals surface area contributed by atoms with E-state index in [0.717, 1.165) is 18.6 Å². The van der Waals surface area contributed by atoms with Gasteiger partial charge in [0.2, 0.25) is 0 Å². The van der Waals surface area contributed by atoms with Crippen molar-refractivity contribution in [2.45, 2.75) is 39.2 Å². The first-order chi connectivity index (χ1) is 4.14. The van der Waals surface area contributed by atoms with Gasteiger partial charge >= 0.3 is 0 Å². The lowest BCUT2D eigenvalue weighted by Gasteiger charge is -2.18. The molecule has 0 aromatic carbocycles. The van der Waals surface area contributed by atoms with Gasteiger partial charge < -0.3 is 4.74 Å². The molecule has 0 saturated heterocycles. The van der Waals surface area contributed by atoms with Crippen molar-refractivity contribution in [1.82, 2.24) is 0 Å². The predicted octanol–water partition coefficient (Wildman–Crippen LogP) is 2.48. The highest BCUT2D eigenvalue weighted by molar-refractivity contribution is 5.04. The highest BCUT2D eigenvalue weighted by Gasteiger charge is 2.24. The molecule has 0 bridgehead atoms. The van der Waals surface area contributed by atoms with E-state index in [-0.39, 0.29) is 5.60 Å². The molecule has 1 rings (SSSR count). The maximum Gasteiger partial charge on any atom is 0.107 e. The molecule has 0 aliphatic carbocycles. The van der Waals surface area contributed by atoms with E-state index in [1.54, 1.807) is 0 Å². The third-order valence-electron chi connectivity index (χ3n) is 1.58. The van der Waals surface area contributed by atoms with Crippen molar-refractivity contribution in [1.29, 1.82) is 0 Å². The maximum absolute atomic E-state index is 5.56. The zero-order valence-corrected chi connectivity index (χ0v) is 6.40. The van der Waals surface area contributed by atoms with Crippen LogP contribution in [0.1, 0.15) is 33.6 Å². The molecular formula is C8H14O. The molecule has 1 aliphatic rings. The fraction of sp³-hybridized carbons (Fsp3) is 0.750. The molecule has 1 aliphatic heterocycles. The minimum absolute atomic E-state index is 0.0747. The number of hydrogen-bond acceptors (Lipinski definition) is 1. The monoisotopic (exact) mass is 126 g/mol. The van der Waals surface area contributed by atoms with Gasteiger partial charge in [-0.3, -0.25) is 0 Å². The van der Waals surface area contributed by atoms with E-state index in [2.05, 4.69) is 26.8 Å². The molecule has 1 heterocycles. The van der Waals surface area contributed by atoms with Crippen LogP contribution in [0.2, 0.25) is 0 Å². The lowest BCUT2D eigenvalue weighted by molar-refractivity contribution is 0.0578. The Hall–Kier alpha value is -0.460. The van der Waals surface area contributed by atoms with E-state index in [1.807, 2.05) is 0 Å². The van der Waals surface area contributed by atoms with Crippen LogP contribution in [0.25, 0.3) is 0 Å². The molecule has 1 heteroatoms. The molecule has 0 unspecified atom stereocenters. The van der Waals surface area contributed by atoms with Crippen molar-refractivity contribution >= 4 is 0 Å². The highest BCUT2D eigenvalue weighted by Crippen LogP contribution is 2.28. The summed E-state index contributed by atoms with van der Waals surface area (Å²) in [4.78, 5) is 0. The molecule has 1 nitrogen and oxygen atoms in total. The summed E-state index contributed by atoms with van der Waals surface area (Å²) < 4.78 is 5.56. The fourth-order valence-corrected chi connectivity index (χ4v) is 1.01. The first-order valence-corrected chi connectivity index (χ1v) is 3.52. The third-order valence-corrected chi connectivity index (χ3v) is 1.58. The largest absolute Gasteiger partial charge is 0.492 e. The molecule has 9 heavy (non-hydrogen) atoms. The molecule has 0 radical (unpaired) electrons. The van der Waals surface area contributed by atoms with E-state index < -0.39 is 0 Å². The van der Waals surface area contributed by atoms with Crippen LogP contribution < -0.4 is 0 Å². The van der Waals surface area contributed by atoms with Gasteiger partial charge in [0.15, 0.2) is 0 Å². The Morgan fingerprint density at radius 1 is 1.67 bits per heavy atom. The first-order valence-electron chi connectivity index (χ1n) is 3.52. The summed E-state index contributed by atoms with van der Waals surface area (Å²) in [5.74, 6) is 1.15. The fourth-order valence-electron chi connectivity index (χ4n) is 1.01. The Labute approximate surface area is 56.7 Å². The van der Waals surface area contributed by atoms with Crippen LogP contribution in [0.5, 0.6) is 0 Å².